The quantitative estimate of drug-likeness (QED) is 0.0169. The molecule has 4 aliphatic carbocycles. The molecule has 0 radical (unpaired) electrons. The van der Waals surface area contributed by atoms with Crippen LogP contribution in [0, 0.1) is 46.3 Å². The highest BCUT2D eigenvalue weighted by atomic mass is 31.2. The molecule has 4 aliphatic rings. The maximum Gasteiger partial charge on any atom is 0.472 e. The van der Waals surface area contributed by atoms with Gasteiger partial charge in [0.2, 0.25) is 0 Å². The van der Waals surface area contributed by atoms with Crippen molar-refractivity contribution in [2.24, 2.45) is 46.3 Å². The van der Waals surface area contributed by atoms with E-state index in [-0.39, 0.29) is 44.0 Å². The Morgan fingerprint density at radius 3 is 2.03 bits per heavy atom. The molecule has 1 N–H and O–H groups in total. The zero-order valence-electron chi connectivity index (χ0n) is 44.1. The molecule has 0 amide bonds. The summed E-state index contributed by atoms with van der Waals surface area (Å²) in [7, 11) is 1.34. The molecule has 0 aromatic carbocycles. The lowest BCUT2D eigenvalue weighted by atomic mass is 9.47. The van der Waals surface area contributed by atoms with Crippen LogP contribution in [-0.4, -0.2) is 87.0 Å². The monoisotopic (exact) mass is 965 g/mol. The number of carbonyl (C=O) groups excluding carboxylic acids is 3. The van der Waals surface area contributed by atoms with Crippen LogP contribution < -0.4 is 0 Å². The molecule has 0 aromatic heterocycles. The number of fused-ring (bicyclic) bond motifs is 5. The molecule has 67 heavy (non-hydrogen) atoms. The first kappa shape index (κ1) is 57.8. The zero-order chi connectivity index (χ0) is 49.1. The first-order valence-corrected chi connectivity index (χ1v) is 28.9. The molecule has 3 unspecified atom stereocenters. The fraction of sp³-hybridized carbons (Fsp3) is 0.909. The van der Waals surface area contributed by atoms with Crippen molar-refractivity contribution in [3.05, 3.63) is 11.6 Å². The topological polar surface area (TPSA) is 135 Å². The highest BCUT2D eigenvalue weighted by Gasteiger charge is 2.59. The molecule has 11 nitrogen and oxygen atoms in total. The average molecular weight is 965 g/mol. The normalized spacial score (nSPS) is 27.8. The second kappa shape index (κ2) is 28.3. The predicted molar refractivity (Wildman–Crippen MR) is 268 cm³/mol. The van der Waals surface area contributed by atoms with Gasteiger partial charge in [-0.1, -0.05) is 150 Å². The number of unbranched alkanes of at least 4 members (excludes halogenated alkanes) is 12. The zero-order valence-corrected chi connectivity index (χ0v) is 45.0. The van der Waals surface area contributed by atoms with Gasteiger partial charge in [0.05, 0.1) is 40.6 Å². The highest BCUT2D eigenvalue weighted by Crippen LogP contribution is 2.67. The minimum absolute atomic E-state index is 0.0106. The van der Waals surface area contributed by atoms with E-state index in [0.717, 1.165) is 74.5 Å². The molecule has 10 atom stereocenters. The Bertz CT molecular complexity index is 1580. The Labute approximate surface area is 408 Å². The number of quaternary nitrogens is 1. The van der Waals surface area contributed by atoms with Crippen molar-refractivity contribution >= 4 is 25.7 Å². The minimum atomic E-state index is -4.46. The molecular formula is C55H99NO10P+. The number of rotatable bonds is 33. The lowest BCUT2D eigenvalue weighted by Crippen LogP contribution is -2.51. The Hall–Kier alpha value is -1.78. The number of hydrogen-bond donors (Lipinski definition) is 1. The van der Waals surface area contributed by atoms with Crippen molar-refractivity contribution in [1.82, 2.24) is 0 Å². The van der Waals surface area contributed by atoms with E-state index in [1.165, 1.54) is 108 Å². The van der Waals surface area contributed by atoms with Crippen LogP contribution in [0.4, 0.5) is 0 Å². The van der Waals surface area contributed by atoms with Crippen molar-refractivity contribution in [2.75, 3.05) is 47.5 Å². The molecule has 0 heterocycles. The van der Waals surface area contributed by atoms with E-state index >= 15 is 0 Å². The van der Waals surface area contributed by atoms with Gasteiger partial charge in [-0.05, 0) is 97.7 Å². The number of phosphoric ester groups is 1. The van der Waals surface area contributed by atoms with E-state index in [2.05, 4.69) is 47.6 Å². The van der Waals surface area contributed by atoms with Crippen LogP contribution in [0.3, 0.4) is 0 Å². The second-order valence-electron chi connectivity index (χ2n) is 23.5. The van der Waals surface area contributed by atoms with Gasteiger partial charge in [-0.2, -0.15) is 0 Å². The Kier molecular flexibility index (Phi) is 24.4. The number of carbonyl (C=O) groups is 3. The third-order valence-electron chi connectivity index (χ3n) is 16.7. The lowest BCUT2D eigenvalue weighted by Gasteiger charge is -2.58. The summed E-state index contributed by atoms with van der Waals surface area (Å²) < 4.78 is 40.6. The number of hydrogen-bond acceptors (Lipinski definition) is 9. The molecule has 0 bridgehead atoms. The lowest BCUT2D eigenvalue weighted by molar-refractivity contribution is -0.870. The maximum absolute atomic E-state index is 13.1. The summed E-state index contributed by atoms with van der Waals surface area (Å²) in [5.41, 5.74) is 2.05. The van der Waals surface area contributed by atoms with Crippen molar-refractivity contribution in [1.29, 1.82) is 0 Å². The van der Waals surface area contributed by atoms with Crippen LogP contribution in [0.5, 0.6) is 0 Å². The third-order valence-corrected chi connectivity index (χ3v) is 17.7. The van der Waals surface area contributed by atoms with Gasteiger partial charge in [0, 0.05) is 12.8 Å². The summed E-state index contributed by atoms with van der Waals surface area (Å²) in [6.07, 6.45) is 29.7. The van der Waals surface area contributed by atoms with Gasteiger partial charge in [0.25, 0.3) is 0 Å². The molecule has 3 saturated carbocycles. The summed E-state index contributed by atoms with van der Waals surface area (Å²) >= 11 is 0. The van der Waals surface area contributed by atoms with E-state index in [4.69, 9.17) is 23.3 Å². The third kappa shape index (κ3) is 19.4. The fourth-order valence-corrected chi connectivity index (χ4v) is 13.5. The molecule has 4 rings (SSSR count). The summed E-state index contributed by atoms with van der Waals surface area (Å²) in [6, 6.07) is 0. The summed E-state index contributed by atoms with van der Waals surface area (Å²) in [5, 5.41) is 0. The van der Waals surface area contributed by atoms with Gasteiger partial charge in [0.15, 0.2) is 6.10 Å². The van der Waals surface area contributed by atoms with Gasteiger partial charge in [-0.15, -0.1) is 0 Å². The van der Waals surface area contributed by atoms with Crippen molar-refractivity contribution in [2.45, 2.75) is 227 Å². The van der Waals surface area contributed by atoms with E-state index in [1.807, 2.05) is 21.1 Å². The second-order valence-corrected chi connectivity index (χ2v) is 25.0. The highest BCUT2D eigenvalue weighted by molar-refractivity contribution is 7.47. The van der Waals surface area contributed by atoms with Crippen LogP contribution >= 0.6 is 7.82 Å². The standard InChI is InChI=1S/C55H98NO10P/c1-10-11-12-13-14-15-16-17-18-19-20-21-22-26-52(58)66-46(41-64-67(60,61)63-38-37-56(7,8)9)40-62-51(57)31-32-53(59)65-45-33-35-54(5)44(39-45)27-28-47-49-30-29-48(43(4)25-23-24-42(2)3)55(49,6)36-34-50(47)54/h27,42-43,45-50H,10-26,28-41H2,1-9H3/p+1/t43-,45?,46?,47+,48-,49+,50+,54+,55-/m0/s1. The van der Waals surface area contributed by atoms with Crippen LogP contribution in [0.2, 0.25) is 0 Å². The summed E-state index contributed by atoms with van der Waals surface area (Å²) in [6.45, 7) is 14.2. The van der Waals surface area contributed by atoms with Crippen LogP contribution in [0.1, 0.15) is 215 Å². The predicted octanol–water partition coefficient (Wildman–Crippen LogP) is 13.5. The molecule has 388 valence electrons. The van der Waals surface area contributed by atoms with Gasteiger partial charge in [-0.25, -0.2) is 4.57 Å². The number of ether oxygens (including phenoxy) is 3. The van der Waals surface area contributed by atoms with Crippen molar-refractivity contribution in [3.8, 4) is 0 Å². The molecule has 0 aliphatic heterocycles. The smallest absolute Gasteiger partial charge is 0.462 e. The number of nitrogens with zero attached hydrogens (tertiary/aromatic N) is 1. The number of esters is 3. The number of allylic oxidation sites excluding steroid dienone is 1. The Morgan fingerprint density at radius 1 is 0.746 bits per heavy atom. The van der Waals surface area contributed by atoms with Gasteiger partial charge in [-0.3, -0.25) is 23.4 Å². The maximum atomic E-state index is 13.1. The minimum Gasteiger partial charge on any atom is -0.462 e. The van der Waals surface area contributed by atoms with E-state index in [1.54, 1.807) is 0 Å². The Morgan fingerprint density at radius 2 is 1.39 bits per heavy atom. The van der Waals surface area contributed by atoms with Crippen LogP contribution in [0.15, 0.2) is 11.6 Å². The molecule has 0 aromatic rings. The van der Waals surface area contributed by atoms with E-state index < -0.39 is 38.4 Å². The Balaban J connectivity index is 1.19. The SMILES string of the molecule is CCCCCCCCCCCCCCCC(=O)OC(COC(=O)CCC(=O)OC1CC[C@]2(C)C(=CC[C@@H]3[C@H]4CC[C@@H]([C@@H](C)CCCC(C)C)[C@]4(C)CC[C@H]32)C1)COP(=O)(O)OCC[N+](C)(C)C. The van der Waals surface area contributed by atoms with Gasteiger partial charge >= 0.3 is 25.7 Å². The van der Waals surface area contributed by atoms with Gasteiger partial charge < -0.3 is 23.6 Å². The molecule has 12 heteroatoms. The van der Waals surface area contributed by atoms with Crippen LogP contribution in [-0.2, 0) is 42.2 Å². The summed E-state index contributed by atoms with van der Waals surface area (Å²) in [5.74, 6) is 3.06. The first-order valence-electron chi connectivity index (χ1n) is 27.4. The molecule has 0 saturated heterocycles. The first-order chi connectivity index (χ1) is 31.8. The summed E-state index contributed by atoms with van der Waals surface area (Å²) in [4.78, 5) is 49.2. The number of phosphoric acid groups is 1. The van der Waals surface area contributed by atoms with Crippen LogP contribution in [0.25, 0.3) is 0 Å². The molecule has 0 spiro atoms. The van der Waals surface area contributed by atoms with Crippen molar-refractivity contribution < 1.29 is 51.6 Å². The van der Waals surface area contributed by atoms with Crippen molar-refractivity contribution in [3.63, 3.8) is 0 Å². The molecular weight excluding hydrogens is 866 g/mol. The number of likely N-dealkylation sites (N-methyl/N-ethyl adjacent to an activating group) is 1. The molecule has 3 fully saturated rings. The average Bonchev–Trinajstić information content (AvgIpc) is 3.62. The van der Waals surface area contributed by atoms with Gasteiger partial charge in [0.1, 0.15) is 25.9 Å². The fourth-order valence-electron chi connectivity index (χ4n) is 12.8. The van der Waals surface area contributed by atoms with E-state index in [9.17, 15) is 23.8 Å². The van der Waals surface area contributed by atoms with E-state index in [0.29, 0.717) is 28.8 Å². The largest absolute Gasteiger partial charge is 0.472 e.